The molecule has 0 aliphatic heterocycles. The van der Waals surface area contributed by atoms with Gasteiger partial charge in [-0.05, 0) is 104 Å². The van der Waals surface area contributed by atoms with Crippen LogP contribution in [0.5, 0.6) is 0 Å². The molecule has 0 atom stereocenters. The zero-order chi connectivity index (χ0) is 28.2. The highest BCUT2D eigenvalue weighted by molar-refractivity contribution is 6.03. The van der Waals surface area contributed by atoms with E-state index in [2.05, 4.69) is 148 Å². The van der Waals surface area contributed by atoms with Crippen LogP contribution in [0.25, 0.3) is 32.7 Å². The van der Waals surface area contributed by atoms with Crippen LogP contribution in [0.1, 0.15) is 58.4 Å². The van der Waals surface area contributed by atoms with Crippen molar-refractivity contribution in [3.8, 4) is 0 Å². The van der Waals surface area contributed by atoms with Gasteiger partial charge in [0.05, 0.1) is 0 Å². The maximum Gasteiger partial charge on any atom is 0.0168 e. The molecule has 42 heavy (non-hydrogen) atoms. The van der Waals surface area contributed by atoms with Gasteiger partial charge in [0.25, 0.3) is 0 Å². The zero-order valence-electron chi connectivity index (χ0n) is 24.1. The van der Waals surface area contributed by atoms with E-state index in [9.17, 15) is 0 Å². The van der Waals surface area contributed by atoms with Crippen molar-refractivity contribution in [2.45, 2.75) is 26.7 Å². The lowest BCUT2D eigenvalue weighted by molar-refractivity contribution is 0.951. The Hall–Kier alpha value is -4.68. The molecular formula is C42H32. The van der Waals surface area contributed by atoms with Crippen LogP contribution in [0.15, 0.2) is 132 Å². The minimum Gasteiger partial charge on any atom is -0.0617 e. The van der Waals surface area contributed by atoms with E-state index in [-0.39, 0.29) is 0 Å². The van der Waals surface area contributed by atoms with E-state index < -0.39 is 0 Å². The first kappa shape index (κ1) is 25.1. The highest BCUT2D eigenvalue weighted by Crippen LogP contribution is 2.45. The third-order valence-corrected chi connectivity index (χ3v) is 9.18. The molecular weight excluding hydrogens is 504 g/mol. The summed E-state index contributed by atoms with van der Waals surface area (Å²) in [6, 6.07) is 44.7. The third-order valence-electron chi connectivity index (χ3n) is 9.18. The summed E-state index contributed by atoms with van der Waals surface area (Å²) in [7, 11) is 0. The molecule has 0 heterocycles. The van der Waals surface area contributed by atoms with Gasteiger partial charge in [0.15, 0.2) is 0 Å². The van der Waals surface area contributed by atoms with Gasteiger partial charge in [-0.2, -0.15) is 0 Å². The van der Waals surface area contributed by atoms with Crippen molar-refractivity contribution in [3.63, 3.8) is 0 Å². The van der Waals surface area contributed by atoms with Crippen molar-refractivity contribution in [1.82, 2.24) is 0 Å². The molecule has 2 aliphatic rings. The lowest BCUT2D eigenvalue weighted by atomic mass is 9.86. The van der Waals surface area contributed by atoms with Gasteiger partial charge in [0.1, 0.15) is 0 Å². The number of hydrogen-bond donors (Lipinski definition) is 0. The summed E-state index contributed by atoms with van der Waals surface area (Å²) in [6.45, 7) is 4.54. The Kier molecular flexibility index (Phi) is 5.97. The number of fused-ring (bicyclic) bond motifs is 4. The molecule has 0 spiro atoms. The maximum absolute atomic E-state index is 2.37. The van der Waals surface area contributed by atoms with E-state index in [0.717, 1.165) is 12.8 Å². The van der Waals surface area contributed by atoms with Crippen LogP contribution in [0, 0.1) is 12.8 Å². The van der Waals surface area contributed by atoms with E-state index in [1.165, 1.54) is 88.3 Å². The lowest BCUT2D eigenvalue weighted by Crippen LogP contribution is -2.02. The fourth-order valence-corrected chi connectivity index (χ4v) is 7.36. The van der Waals surface area contributed by atoms with Gasteiger partial charge in [-0.15, -0.1) is 0 Å². The number of benzene rings is 6. The lowest BCUT2D eigenvalue weighted by Gasteiger charge is -2.17. The standard InChI is InChI=1S/C42H32/c1-27-25-33-17-7-15-31(41(33)39(27)37-21-9-13-29-11-3-5-19-35(29)37)23-24-32-16-8-18-34-26-28(2)40(42(32)34)38-22-10-14-30-12-4-6-20-36(30)38/h3-22,25-26H,23-24H2,1-2H3. The molecule has 0 N–H and O–H groups in total. The van der Waals surface area contributed by atoms with Crippen LogP contribution < -0.4 is 0 Å². The van der Waals surface area contributed by atoms with Gasteiger partial charge >= 0.3 is 0 Å². The number of allylic oxidation sites excluding steroid dienone is 2. The second-order valence-electron chi connectivity index (χ2n) is 11.7. The smallest absolute Gasteiger partial charge is 0.0168 e. The summed E-state index contributed by atoms with van der Waals surface area (Å²) in [5.74, 6) is 0. The van der Waals surface area contributed by atoms with Crippen molar-refractivity contribution in [2.75, 3.05) is 0 Å². The van der Waals surface area contributed by atoms with Crippen LogP contribution in [0.3, 0.4) is 0 Å². The van der Waals surface area contributed by atoms with Gasteiger partial charge in [-0.25, -0.2) is 0 Å². The molecule has 6 aromatic rings. The molecule has 0 saturated heterocycles. The number of aryl methyl sites for hydroxylation is 2. The van der Waals surface area contributed by atoms with Crippen LogP contribution in [0.4, 0.5) is 0 Å². The van der Waals surface area contributed by atoms with E-state index >= 15 is 0 Å². The summed E-state index contributed by atoms with van der Waals surface area (Å²) in [5, 5.41) is 5.23. The molecule has 0 saturated carbocycles. The molecule has 6 aromatic carbocycles. The van der Waals surface area contributed by atoms with Crippen molar-refractivity contribution in [1.29, 1.82) is 0 Å². The first-order valence-electron chi connectivity index (χ1n) is 15.0. The molecule has 2 aliphatic carbocycles. The number of rotatable bonds is 5. The first-order chi connectivity index (χ1) is 20.7. The third kappa shape index (κ3) is 3.97. The molecule has 0 amide bonds. The Labute approximate surface area is 248 Å². The van der Waals surface area contributed by atoms with Gasteiger partial charge in [-0.1, -0.05) is 132 Å². The minimum atomic E-state index is 0.997. The fraction of sp³-hybridized carbons (Fsp3) is 0.0952. The quantitative estimate of drug-likeness (QED) is 0.206. The first-order valence-corrected chi connectivity index (χ1v) is 15.0. The average molecular weight is 537 g/mol. The van der Waals surface area contributed by atoms with E-state index in [1.807, 2.05) is 0 Å². The molecule has 0 fully saturated rings. The number of hydrogen-bond acceptors (Lipinski definition) is 0. The zero-order valence-corrected chi connectivity index (χ0v) is 24.1. The van der Waals surface area contributed by atoms with Gasteiger partial charge in [0, 0.05) is 12.8 Å². The Morgan fingerprint density at radius 2 is 0.810 bits per heavy atom. The SMILES string of the molecule is CC1=C(c2cccc3ccccc23)c2c(cccc2CCc2cccc3c2C(c2cccc4ccccc24)=C(C)[CH]3)[CH]1. The molecule has 200 valence electrons. The molecule has 2 radical (unpaired) electrons. The fourth-order valence-electron chi connectivity index (χ4n) is 7.36. The highest BCUT2D eigenvalue weighted by Gasteiger charge is 2.27. The van der Waals surface area contributed by atoms with Gasteiger partial charge in [-0.3, -0.25) is 0 Å². The normalized spacial score (nSPS) is 14.2. The van der Waals surface area contributed by atoms with Crippen molar-refractivity contribution in [3.05, 3.63) is 190 Å². The molecule has 0 aromatic heterocycles. The summed E-state index contributed by atoms with van der Waals surface area (Å²) in [4.78, 5) is 0. The summed E-state index contributed by atoms with van der Waals surface area (Å²) < 4.78 is 0. The monoisotopic (exact) mass is 536 g/mol. The van der Waals surface area contributed by atoms with E-state index in [1.54, 1.807) is 0 Å². The maximum atomic E-state index is 2.37. The van der Waals surface area contributed by atoms with Gasteiger partial charge in [0.2, 0.25) is 0 Å². The molecule has 0 nitrogen and oxygen atoms in total. The topological polar surface area (TPSA) is 0 Å². The van der Waals surface area contributed by atoms with E-state index in [4.69, 9.17) is 0 Å². The van der Waals surface area contributed by atoms with Crippen LogP contribution in [-0.2, 0) is 12.8 Å². The molecule has 0 bridgehead atoms. The second-order valence-corrected chi connectivity index (χ2v) is 11.7. The largest absolute Gasteiger partial charge is 0.0617 e. The Morgan fingerprint density at radius 3 is 1.29 bits per heavy atom. The average Bonchev–Trinajstić information content (AvgIpc) is 3.55. The van der Waals surface area contributed by atoms with E-state index in [0.29, 0.717) is 0 Å². The Morgan fingerprint density at radius 1 is 0.405 bits per heavy atom. The minimum absolute atomic E-state index is 0.997. The van der Waals surface area contributed by atoms with Crippen LogP contribution in [-0.4, -0.2) is 0 Å². The predicted molar refractivity (Wildman–Crippen MR) is 178 cm³/mol. The summed E-state index contributed by atoms with van der Waals surface area (Å²) in [5.41, 5.74) is 16.5. The van der Waals surface area contributed by atoms with Crippen molar-refractivity contribution in [2.24, 2.45) is 0 Å². The molecule has 8 rings (SSSR count). The Bertz CT molecular complexity index is 1940. The predicted octanol–water partition coefficient (Wildman–Crippen LogP) is 10.6. The second kappa shape index (κ2) is 10.00. The van der Waals surface area contributed by atoms with Crippen molar-refractivity contribution >= 4 is 32.7 Å². The van der Waals surface area contributed by atoms with Gasteiger partial charge < -0.3 is 0 Å². The molecule has 0 heteroatoms. The Balaban J connectivity index is 1.20. The van der Waals surface area contributed by atoms with Crippen LogP contribution in [0.2, 0.25) is 0 Å². The van der Waals surface area contributed by atoms with Crippen molar-refractivity contribution < 1.29 is 0 Å². The van der Waals surface area contributed by atoms with Crippen LogP contribution >= 0.6 is 0 Å². The summed E-state index contributed by atoms with van der Waals surface area (Å²) in [6.07, 6.45) is 6.74. The molecule has 0 unspecified atom stereocenters. The highest BCUT2D eigenvalue weighted by atomic mass is 14.3. The summed E-state index contributed by atoms with van der Waals surface area (Å²) >= 11 is 0.